The number of amides is 1. The molecule has 1 amide bonds. The third-order valence-corrected chi connectivity index (χ3v) is 6.38. The van der Waals surface area contributed by atoms with Crippen molar-refractivity contribution in [3.63, 3.8) is 0 Å². The van der Waals surface area contributed by atoms with E-state index in [0.717, 1.165) is 24.8 Å². The molecule has 1 aliphatic rings. The molecule has 0 spiro atoms. The van der Waals surface area contributed by atoms with E-state index in [1.54, 1.807) is 16.4 Å². The first-order valence-electron chi connectivity index (χ1n) is 8.86. The molecule has 7 heteroatoms. The Morgan fingerprint density at radius 2 is 2.12 bits per heavy atom. The van der Waals surface area contributed by atoms with Crippen LogP contribution in [0.15, 0.2) is 23.1 Å². The van der Waals surface area contributed by atoms with Crippen molar-refractivity contribution >= 4 is 15.9 Å². The fourth-order valence-electron chi connectivity index (χ4n) is 3.21. The van der Waals surface area contributed by atoms with Crippen molar-refractivity contribution in [1.29, 1.82) is 0 Å². The minimum absolute atomic E-state index is 0.0949. The molecule has 1 N–H and O–H groups in total. The Morgan fingerprint density at radius 1 is 1.36 bits per heavy atom. The van der Waals surface area contributed by atoms with E-state index in [9.17, 15) is 13.2 Å². The van der Waals surface area contributed by atoms with E-state index in [0.29, 0.717) is 31.9 Å². The quantitative estimate of drug-likeness (QED) is 0.802. The lowest BCUT2D eigenvalue weighted by Crippen LogP contribution is -2.45. The van der Waals surface area contributed by atoms with Gasteiger partial charge in [0.25, 0.3) is 0 Å². The van der Waals surface area contributed by atoms with Crippen LogP contribution >= 0.6 is 0 Å². The molecule has 0 bridgehead atoms. The summed E-state index contributed by atoms with van der Waals surface area (Å²) in [5.41, 5.74) is 0.883. The lowest BCUT2D eigenvalue weighted by Gasteiger charge is -2.35. The number of aryl methyl sites for hydroxylation is 1. The van der Waals surface area contributed by atoms with E-state index in [1.165, 1.54) is 6.92 Å². The monoisotopic (exact) mass is 368 g/mol. The zero-order valence-corrected chi connectivity index (χ0v) is 16.1. The highest BCUT2D eigenvalue weighted by Gasteiger charge is 2.35. The van der Waals surface area contributed by atoms with Crippen LogP contribution in [0.1, 0.15) is 45.1 Å². The first-order chi connectivity index (χ1) is 11.9. The van der Waals surface area contributed by atoms with Crippen LogP contribution in [0.4, 0.5) is 0 Å². The van der Waals surface area contributed by atoms with E-state index >= 15 is 0 Å². The highest BCUT2D eigenvalue weighted by Crippen LogP contribution is 2.32. The molecule has 0 aromatic heterocycles. The van der Waals surface area contributed by atoms with Crippen molar-refractivity contribution in [2.45, 2.75) is 57.4 Å². The lowest BCUT2D eigenvalue weighted by molar-refractivity contribution is -0.119. The first-order valence-corrected chi connectivity index (χ1v) is 10.3. The molecular weight excluding hydrogens is 340 g/mol. The summed E-state index contributed by atoms with van der Waals surface area (Å²) in [6, 6.07) is 5.16. The minimum atomic E-state index is -3.64. The molecule has 1 atom stereocenters. The van der Waals surface area contributed by atoms with Crippen molar-refractivity contribution in [3.8, 4) is 5.75 Å². The molecule has 0 saturated carbocycles. The number of hydrogen-bond donors (Lipinski definition) is 1. The van der Waals surface area contributed by atoms with Gasteiger partial charge in [-0.3, -0.25) is 4.79 Å². The van der Waals surface area contributed by atoms with Crippen molar-refractivity contribution in [1.82, 2.24) is 9.62 Å². The van der Waals surface area contributed by atoms with Crippen molar-refractivity contribution in [2.24, 2.45) is 0 Å². The van der Waals surface area contributed by atoms with Gasteiger partial charge in [-0.1, -0.05) is 12.5 Å². The van der Waals surface area contributed by atoms with Gasteiger partial charge < -0.3 is 10.1 Å². The maximum absolute atomic E-state index is 13.3. The molecule has 0 aliphatic carbocycles. The van der Waals surface area contributed by atoms with E-state index in [2.05, 4.69) is 5.32 Å². The molecule has 6 nitrogen and oxygen atoms in total. The normalized spacial score (nSPS) is 18.8. The van der Waals surface area contributed by atoms with Gasteiger partial charge >= 0.3 is 0 Å². The topological polar surface area (TPSA) is 75.7 Å². The van der Waals surface area contributed by atoms with Gasteiger partial charge in [0, 0.05) is 26.1 Å². The van der Waals surface area contributed by atoms with Crippen LogP contribution in [-0.4, -0.2) is 44.4 Å². The van der Waals surface area contributed by atoms with Gasteiger partial charge in [0.15, 0.2) is 0 Å². The molecule has 1 aliphatic heterocycles. The molecule has 2 rings (SSSR count). The molecule has 25 heavy (non-hydrogen) atoms. The van der Waals surface area contributed by atoms with E-state index < -0.39 is 10.0 Å². The SMILES string of the molecule is CCOc1ccc(C)cc1S(=O)(=O)N1CCCCC1CCNC(C)=O. The van der Waals surface area contributed by atoms with Gasteiger partial charge in [0.1, 0.15) is 10.6 Å². The first kappa shape index (κ1) is 19.7. The summed E-state index contributed by atoms with van der Waals surface area (Å²) in [7, 11) is -3.64. The van der Waals surface area contributed by atoms with Gasteiger partial charge in [-0.05, 0) is 50.8 Å². The van der Waals surface area contributed by atoms with Crippen LogP contribution in [0.2, 0.25) is 0 Å². The van der Waals surface area contributed by atoms with Crippen molar-refractivity contribution in [3.05, 3.63) is 23.8 Å². The third kappa shape index (κ3) is 4.95. The Morgan fingerprint density at radius 3 is 2.80 bits per heavy atom. The number of nitrogens with one attached hydrogen (secondary N) is 1. The molecule has 0 radical (unpaired) electrons. The number of benzene rings is 1. The number of carbonyl (C=O) groups is 1. The zero-order chi connectivity index (χ0) is 18.4. The molecular formula is C18H28N2O4S. The second kappa shape index (κ2) is 8.67. The highest BCUT2D eigenvalue weighted by atomic mass is 32.2. The fourth-order valence-corrected chi connectivity index (χ4v) is 5.15. The lowest BCUT2D eigenvalue weighted by atomic mass is 10.0. The second-order valence-electron chi connectivity index (χ2n) is 6.42. The molecule has 1 aromatic rings. The predicted molar refractivity (Wildman–Crippen MR) is 97.2 cm³/mol. The zero-order valence-electron chi connectivity index (χ0n) is 15.2. The summed E-state index contributed by atoms with van der Waals surface area (Å²) in [4.78, 5) is 11.3. The number of ether oxygens (including phenoxy) is 1. The van der Waals surface area contributed by atoms with E-state index in [1.807, 2.05) is 19.9 Å². The number of piperidine rings is 1. The summed E-state index contributed by atoms with van der Waals surface area (Å²) in [5.74, 6) is 0.307. The summed E-state index contributed by atoms with van der Waals surface area (Å²) in [6.07, 6.45) is 3.29. The van der Waals surface area contributed by atoms with Crippen LogP contribution in [0, 0.1) is 6.92 Å². The van der Waals surface area contributed by atoms with E-state index in [-0.39, 0.29) is 16.8 Å². The van der Waals surface area contributed by atoms with Gasteiger partial charge in [0.2, 0.25) is 15.9 Å². The maximum atomic E-state index is 13.3. The van der Waals surface area contributed by atoms with Crippen LogP contribution in [0.25, 0.3) is 0 Å². The molecule has 140 valence electrons. The molecule has 1 unspecified atom stereocenters. The fraction of sp³-hybridized carbons (Fsp3) is 0.611. The molecule has 1 aromatic carbocycles. The number of sulfonamides is 1. The van der Waals surface area contributed by atoms with Crippen LogP contribution < -0.4 is 10.1 Å². The van der Waals surface area contributed by atoms with Crippen molar-refractivity contribution in [2.75, 3.05) is 19.7 Å². The molecule has 1 saturated heterocycles. The smallest absolute Gasteiger partial charge is 0.247 e. The van der Waals surface area contributed by atoms with Crippen LogP contribution in [0.5, 0.6) is 5.75 Å². The summed E-state index contributed by atoms with van der Waals surface area (Å²) < 4.78 is 33.7. The maximum Gasteiger partial charge on any atom is 0.247 e. The van der Waals surface area contributed by atoms with Crippen LogP contribution in [-0.2, 0) is 14.8 Å². The number of carbonyl (C=O) groups excluding carboxylic acids is 1. The summed E-state index contributed by atoms with van der Waals surface area (Å²) in [5, 5.41) is 2.76. The van der Waals surface area contributed by atoms with Gasteiger partial charge in [-0.15, -0.1) is 0 Å². The Kier molecular flexibility index (Phi) is 6.84. The van der Waals surface area contributed by atoms with Crippen molar-refractivity contribution < 1.29 is 17.9 Å². The number of nitrogens with zero attached hydrogens (tertiary/aromatic N) is 1. The third-order valence-electron chi connectivity index (χ3n) is 4.41. The van der Waals surface area contributed by atoms with Gasteiger partial charge in [-0.2, -0.15) is 4.31 Å². The van der Waals surface area contributed by atoms with Gasteiger partial charge in [0.05, 0.1) is 6.61 Å². The average molecular weight is 368 g/mol. The highest BCUT2D eigenvalue weighted by molar-refractivity contribution is 7.89. The minimum Gasteiger partial charge on any atom is -0.492 e. The van der Waals surface area contributed by atoms with Gasteiger partial charge in [-0.25, -0.2) is 8.42 Å². The second-order valence-corrected chi connectivity index (χ2v) is 8.28. The Labute approximate surface area is 150 Å². The average Bonchev–Trinajstić information content (AvgIpc) is 2.56. The summed E-state index contributed by atoms with van der Waals surface area (Å²) in [6.45, 7) is 6.59. The van der Waals surface area contributed by atoms with E-state index in [4.69, 9.17) is 4.74 Å². The predicted octanol–water partition coefficient (Wildman–Crippen LogP) is 2.46. The Bertz CT molecular complexity index is 703. The number of hydrogen-bond acceptors (Lipinski definition) is 4. The largest absolute Gasteiger partial charge is 0.492 e. The summed E-state index contributed by atoms with van der Waals surface area (Å²) >= 11 is 0. The Balaban J connectivity index is 2.29. The number of rotatable bonds is 7. The standard InChI is InChI=1S/C18H28N2O4S/c1-4-24-17-9-8-14(2)13-18(17)25(22,23)20-12-6-5-7-16(20)10-11-19-15(3)21/h8-9,13,16H,4-7,10-12H2,1-3H3,(H,19,21). The molecule has 1 fully saturated rings. The molecule has 1 heterocycles. The van der Waals surface area contributed by atoms with Crippen LogP contribution in [0.3, 0.4) is 0 Å². The Hall–Kier alpha value is -1.60.